The van der Waals surface area contributed by atoms with Crippen LogP contribution in [0.15, 0.2) is 18.6 Å². The van der Waals surface area contributed by atoms with Crippen molar-refractivity contribution < 1.29 is 9.53 Å². The summed E-state index contributed by atoms with van der Waals surface area (Å²) in [5.41, 5.74) is 0.799. The summed E-state index contributed by atoms with van der Waals surface area (Å²) in [7, 11) is 0. The molecule has 0 saturated carbocycles. The number of hydrogen-bond donors (Lipinski definition) is 0. The molecule has 0 aliphatic heterocycles. The van der Waals surface area contributed by atoms with Gasteiger partial charge in [0.1, 0.15) is 11.1 Å². The third-order valence-corrected chi connectivity index (χ3v) is 2.16. The molecule has 0 bridgehead atoms. The number of rotatable bonds is 2. The third-order valence-electron chi connectivity index (χ3n) is 1.88. The molecule has 5 nitrogen and oxygen atoms in total. The van der Waals surface area contributed by atoms with Crippen LogP contribution in [0.1, 0.15) is 17.3 Å². The first-order chi connectivity index (χ1) is 7.24. The molecule has 2 heterocycles. The molecule has 0 N–H and O–H groups in total. The summed E-state index contributed by atoms with van der Waals surface area (Å²) < 4.78 is 6.36. The predicted octanol–water partition coefficient (Wildman–Crippen LogP) is 1.56. The Bertz CT molecular complexity index is 509. The summed E-state index contributed by atoms with van der Waals surface area (Å²) in [5, 5.41) is 4.21. The molecule has 0 aliphatic carbocycles. The number of ether oxygens (including phenoxy) is 1. The van der Waals surface area contributed by atoms with Gasteiger partial charge in [0.25, 0.3) is 0 Å². The molecule has 2 aromatic heterocycles. The van der Waals surface area contributed by atoms with E-state index in [-0.39, 0.29) is 5.15 Å². The van der Waals surface area contributed by atoms with E-state index in [0.29, 0.717) is 17.7 Å². The smallest absolute Gasteiger partial charge is 0.342 e. The second-order valence-corrected chi connectivity index (χ2v) is 3.15. The van der Waals surface area contributed by atoms with E-state index in [0.717, 1.165) is 0 Å². The lowest BCUT2D eigenvalue weighted by atomic mass is 10.3. The number of esters is 1. The summed E-state index contributed by atoms with van der Waals surface area (Å²) in [6.45, 7) is 2.05. The number of fused-ring (bicyclic) bond motifs is 1. The summed E-state index contributed by atoms with van der Waals surface area (Å²) in [4.78, 5) is 15.4. The zero-order chi connectivity index (χ0) is 10.8. The van der Waals surface area contributed by atoms with Crippen molar-refractivity contribution in [1.29, 1.82) is 0 Å². The normalized spacial score (nSPS) is 10.5. The Labute approximate surface area is 90.6 Å². The molecule has 0 spiro atoms. The average molecular weight is 226 g/mol. The van der Waals surface area contributed by atoms with E-state index < -0.39 is 5.97 Å². The largest absolute Gasteiger partial charge is 0.462 e. The average Bonchev–Trinajstić information content (AvgIpc) is 2.63. The lowest BCUT2D eigenvalue weighted by molar-refractivity contribution is 0.0528. The number of carbonyl (C=O) groups is 1. The predicted molar refractivity (Wildman–Crippen MR) is 54.0 cm³/mol. The van der Waals surface area contributed by atoms with E-state index in [1.165, 1.54) is 16.9 Å². The molecule has 0 amide bonds. The Morgan fingerprint density at radius 2 is 2.47 bits per heavy atom. The summed E-state index contributed by atoms with van der Waals surface area (Å²) in [5.74, 6) is -0.442. The van der Waals surface area contributed by atoms with Crippen LogP contribution < -0.4 is 0 Å². The molecule has 15 heavy (non-hydrogen) atoms. The van der Waals surface area contributed by atoms with Gasteiger partial charge in [0.2, 0.25) is 0 Å². The van der Waals surface area contributed by atoms with Crippen molar-refractivity contribution >= 4 is 23.1 Å². The van der Waals surface area contributed by atoms with Crippen molar-refractivity contribution in [3.8, 4) is 0 Å². The monoisotopic (exact) mass is 225 g/mol. The Kier molecular flexibility index (Phi) is 2.55. The number of carbonyl (C=O) groups excluding carboxylic acids is 1. The lowest BCUT2D eigenvalue weighted by Crippen LogP contribution is -2.04. The molecule has 0 radical (unpaired) electrons. The van der Waals surface area contributed by atoms with Crippen LogP contribution in [0.25, 0.3) is 5.52 Å². The Hall–Kier alpha value is -1.62. The van der Waals surface area contributed by atoms with Gasteiger partial charge in [-0.3, -0.25) is 0 Å². The van der Waals surface area contributed by atoms with Gasteiger partial charge >= 0.3 is 5.97 Å². The Morgan fingerprint density at radius 1 is 1.67 bits per heavy atom. The highest BCUT2D eigenvalue weighted by Crippen LogP contribution is 2.18. The first kappa shape index (κ1) is 9.92. The van der Waals surface area contributed by atoms with E-state index in [2.05, 4.69) is 10.1 Å². The van der Waals surface area contributed by atoms with E-state index in [1.807, 2.05) is 0 Å². The number of nitrogens with zero attached hydrogens (tertiary/aromatic N) is 3. The van der Waals surface area contributed by atoms with Gasteiger partial charge in [0, 0.05) is 12.4 Å². The van der Waals surface area contributed by atoms with Gasteiger partial charge in [-0.05, 0) is 6.92 Å². The maximum Gasteiger partial charge on any atom is 0.342 e. The minimum absolute atomic E-state index is 0.234. The molecule has 0 saturated heterocycles. The third kappa shape index (κ3) is 1.66. The van der Waals surface area contributed by atoms with Gasteiger partial charge in [0.15, 0.2) is 5.15 Å². The molecule has 0 fully saturated rings. The van der Waals surface area contributed by atoms with Crippen molar-refractivity contribution in [1.82, 2.24) is 14.6 Å². The molecule has 2 rings (SSSR count). The van der Waals surface area contributed by atoms with Gasteiger partial charge in [0.05, 0.1) is 12.8 Å². The summed E-state index contributed by atoms with van der Waals surface area (Å²) in [6, 6.07) is 0. The number of hydrogen-bond acceptors (Lipinski definition) is 4. The highest BCUT2D eigenvalue weighted by Gasteiger charge is 2.16. The van der Waals surface area contributed by atoms with Crippen molar-refractivity contribution in [3.63, 3.8) is 0 Å². The van der Waals surface area contributed by atoms with Gasteiger partial charge in [-0.2, -0.15) is 5.10 Å². The fourth-order valence-corrected chi connectivity index (χ4v) is 1.51. The molecule has 0 aromatic carbocycles. The van der Waals surface area contributed by atoms with Crippen LogP contribution in [0.3, 0.4) is 0 Å². The summed E-state index contributed by atoms with van der Waals surface area (Å²) >= 11 is 5.87. The lowest BCUT2D eigenvalue weighted by Gasteiger charge is -2.00. The van der Waals surface area contributed by atoms with Crippen LogP contribution >= 0.6 is 11.6 Å². The van der Waals surface area contributed by atoms with Crippen molar-refractivity contribution in [2.24, 2.45) is 0 Å². The maximum absolute atomic E-state index is 11.5. The molecule has 0 aliphatic rings. The van der Waals surface area contributed by atoms with Crippen LogP contribution in [0.4, 0.5) is 0 Å². The SMILES string of the molecule is CCOC(=O)c1cnn2ccnc(Cl)c12. The van der Waals surface area contributed by atoms with Crippen molar-refractivity contribution in [3.05, 3.63) is 29.3 Å². The minimum Gasteiger partial charge on any atom is -0.462 e. The van der Waals surface area contributed by atoms with E-state index >= 15 is 0 Å². The van der Waals surface area contributed by atoms with Crippen LogP contribution in [0.2, 0.25) is 5.15 Å². The van der Waals surface area contributed by atoms with E-state index in [4.69, 9.17) is 16.3 Å². The van der Waals surface area contributed by atoms with Crippen LogP contribution in [-0.2, 0) is 4.74 Å². The van der Waals surface area contributed by atoms with Gasteiger partial charge in [-0.25, -0.2) is 14.3 Å². The van der Waals surface area contributed by atoms with Crippen molar-refractivity contribution in [2.45, 2.75) is 6.92 Å². The Morgan fingerprint density at radius 3 is 3.20 bits per heavy atom. The van der Waals surface area contributed by atoms with E-state index in [1.54, 1.807) is 13.1 Å². The molecular formula is C9H8ClN3O2. The topological polar surface area (TPSA) is 56.5 Å². The van der Waals surface area contributed by atoms with Crippen LogP contribution in [0.5, 0.6) is 0 Å². The van der Waals surface area contributed by atoms with Gasteiger partial charge in [-0.15, -0.1) is 0 Å². The van der Waals surface area contributed by atoms with E-state index in [9.17, 15) is 4.79 Å². The molecular weight excluding hydrogens is 218 g/mol. The number of aromatic nitrogens is 3. The fourth-order valence-electron chi connectivity index (χ4n) is 1.26. The van der Waals surface area contributed by atoms with Gasteiger partial charge < -0.3 is 4.74 Å². The Balaban J connectivity index is 2.57. The fraction of sp³-hybridized carbons (Fsp3) is 0.222. The second-order valence-electron chi connectivity index (χ2n) is 2.79. The quantitative estimate of drug-likeness (QED) is 0.728. The van der Waals surface area contributed by atoms with Crippen LogP contribution in [-0.4, -0.2) is 27.2 Å². The molecule has 78 valence electrons. The first-order valence-corrected chi connectivity index (χ1v) is 4.76. The highest BCUT2D eigenvalue weighted by atomic mass is 35.5. The van der Waals surface area contributed by atoms with Crippen LogP contribution in [0, 0.1) is 0 Å². The highest BCUT2D eigenvalue weighted by molar-refractivity contribution is 6.33. The first-order valence-electron chi connectivity index (χ1n) is 4.39. The molecule has 0 atom stereocenters. The zero-order valence-electron chi connectivity index (χ0n) is 7.98. The second kappa shape index (κ2) is 3.86. The van der Waals surface area contributed by atoms with Crippen molar-refractivity contribution in [2.75, 3.05) is 6.61 Å². The molecule has 2 aromatic rings. The van der Waals surface area contributed by atoms with Gasteiger partial charge in [-0.1, -0.05) is 11.6 Å². The zero-order valence-corrected chi connectivity index (χ0v) is 8.73. The minimum atomic E-state index is -0.442. The number of halogens is 1. The molecule has 6 heteroatoms. The maximum atomic E-state index is 11.5. The molecule has 0 unspecified atom stereocenters. The summed E-state index contributed by atoms with van der Waals surface area (Å²) in [6.07, 6.45) is 4.54. The standard InChI is InChI=1S/C9H8ClN3O2/c1-2-15-9(14)6-5-12-13-4-3-11-8(10)7(6)13/h3-5H,2H2,1H3.